The molecule has 28 heavy (non-hydrogen) atoms. The fraction of sp³-hybridized carbons (Fsp3) is 0.500. The van der Waals surface area contributed by atoms with Crippen LogP contribution in [0.4, 0.5) is 23.3 Å². The number of halogens is 1. The van der Waals surface area contributed by atoms with Gasteiger partial charge in [-0.1, -0.05) is 36.7 Å². The van der Waals surface area contributed by atoms with Crippen molar-refractivity contribution in [2.45, 2.75) is 19.9 Å². The number of rotatable bonds is 5. The first-order valence-electron chi connectivity index (χ1n) is 9.84. The topological polar surface area (TPSA) is 79.5 Å². The molecule has 3 heterocycles. The lowest BCUT2D eigenvalue weighted by atomic mass is 10.2. The van der Waals surface area contributed by atoms with Crippen molar-refractivity contribution in [3.05, 3.63) is 34.9 Å². The number of aromatic nitrogens is 2. The van der Waals surface area contributed by atoms with Gasteiger partial charge < -0.3 is 25.6 Å². The van der Waals surface area contributed by atoms with Crippen LogP contribution in [0.3, 0.4) is 0 Å². The van der Waals surface area contributed by atoms with Gasteiger partial charge >= 0.3 is 0 Å². The summed E-state index contributed by atoms with van der Waals surface area (Å²) in [6, 6.07) is 7.78. The van der Waals surface area contributed by atoms with Crippen LogP contribution in [0.25, 0.3) is 0 Å². The molecule has 4 rings (SSSR count). The van der Waals surface area contributed by atoms with Crippen LogP contribution in [-0.2, 0) is 11.3 Å². The van der Waals surface area contributed by atoms with Gasteiger partial charge in [0.15, 0.2) is 11.6 Å². The summed E-state index contributed by atoms with van der Waals surface area (Å²) in [5, 5.41) is 4.11. The molecular weight excluding hydrogens is 376 g/mol. The van der Waals surface area contributed by atoms with Crippen LogP contribution >= 0.6 is 11.6 Å². The predicted molar refractivity (Wildman–Crippen MR) is 114 cm³/mol. The molecule has 0 radical (unpaired) electrons. The molecule has 0 bridgehead atoms. The van der Waals surface area contributed by atoms with E-state index in [1.807, 2.05) is 24.3 Å². The van der Waals surface area contributed by atoms with Gasteiger partial charge in [0.05, 0.1) is 13.2 Å². The summed E-state index contributed by atoms with van der Waals surface area (Å²) in [7, 11) is 0. The Hall–Kier alpha value is -2.25. The molecule has 2 fully saturated rings. The molecule has 0 amide bonds. The fourth-order valence-electron chi connectivity index (χ4n) is 3.67. The minimum Gasteiger partial charge on any atom is -0.393 e. The minimum absolute atomic E-state index is 0.555. The maximum Gasteiger partial charge on any atom is 0.229 e. The second kappa shape index (κ2) is 8.41. The summed E-state index contributed by atoms with van der Waals surface area (Å²) in [5.41, 5.74) is 8.11. The van der Waals surface area contributed by atoms with Crippen LogP contribution in [0.15, 0.2) is 24.3 Å². The van der Waals surface area contributed by atoms with E-state index in [4.69, 9.17) is 32.0 Å². The van der Waals surface area contributed by atoms with Gasteiger partial charge in [0.1, 0.15) is 5.69 Å². The molecule has 0 unspecified atom stereocenters. The molecule has 0 saturated carbocycles. The summed E-state index contributed by atoms with van der Waals surface area (Å²) in [4.78, 5) is 14.0. The van der Waals surface area contributed by atoms with Crippen LogP contribution in [0.2, 0.25) is 5.02 Å². The molecule has 1 aromatic carbocycles. The van der Waals surface area contributed by atoms with Crippen molar-refractivity contribution in [2.24, 2.45) is 5.92 Å². The first-order valence-corrected chi connectivity index (χ1v) is 10.2. The smallest absolute Gasteiger partial charge is 0.229 e. The zero-order chi connectivity index (χ0) is 19.5. The highest BCUT2D eigenvalue weighted by Crippen LogP contribution is 2.33. The Balaban J connectivity index is 1.64. The van der Waals surface area contributed by atoms with E-state index in [9.17, 15) is 0 Å². The van der Waals surface area contributed by atoms with Crippen LogP contribution in [0.5, 0.6) is 0 Å². The maximum absolute atomic E-state index is 6.50. The van der Waals surface area contributed by atoms with E-state index in [0.29, 0.717) is 43.1 Å². The Morgan fingerprint density at radius 3 is 2.68 bits per heavy atom. The third kappa shape index (κ3) is 4.10. The third-order valence-corrected chi connectivity index (χ3v) is 5.70. The molecule has 3 N–H and O–H groups in total. The number of nitrogen functional groups attached to an aromatic ring is 1. The molecule has 1 aromatic heterocycles. The van der Waals surface area contributed by atoms with Crippen molar-refractivity contribution in [1.29, 1.82) is 0 Å². The van der Waals surface area contributed by atoms with E-state index in [1.54, 1.807) is 0 Å². The Labute approximate surface area is 170 Å². The molecular formula is C20H27ClN6O. The van der Waals surface area contributed by atoms with Gasteiger partial charge in [0.2, 0.25) is 5.95 Å². The molecule has 150 valence electrons. The number of benzene rings is 1. The van der Waals surface area contributed by atoms with Crippen molar-refractivity contribution < 1.29 is 4.74 Å². The van der Waals surface area contributed by atoms with Crippen molar-refractivity contribution in [2.75, 3.05) is 60.2 Å². The van der Waals surface area contributed by atoms with Crippen LogP contribution < -0.4 is 20.9 Å². The number of anilines is 4. The lowest BCUT2D eigenvalue weighted by Gasteiger charge is -2.29. The van der Waals surface area contributed by atoms with Gasteiger partial charge in [-0.3, -0.25) is 0 Å². The number of hydrogen-bond acceptors (Lipinski definition) is 7. The molecule has 2 saturated heterocycles. The van der Waals surface area contributed by atoms with E-state index < -0.39 is 0 Å². The Kier molecular flexibility index (Phi) is 5.73. The first kappa shape index (κ1) is 19.1. The molecule has 0 spiro atoms. The van der Waals surface area contributed by atoms with Crippen molar-refractivity contribution in [3.63, 3.8) is 0 Å². The van der Waals surface area contributed by atoms with Crippen molar-refractivity contribution in [1.82, 2.24) is 9.97 Å². The number of nitrogens with two attached hydrogens (primary N) is 1. The largest absolute Gasteiger partial charge is 0.393 e. The second-order valence-corrected chi connectivity index (χ2v) is 7.90. The van der Waals surface area contributed by atoms with Gasteiger partial charge in [0.25, 0.3) is 0 Å². The Morgan fingerprint density at radius 2 is 1.96 bits per heavy atom. The van der Waals surface area contributed by atoms with Crippen molar-refractivity contribution in [3.8, 4) is 0 Å². The molecule has 2 aliphatic rings. The molecule has 2 aromatic rings. The highest BCUT2D eigenvalue weighted by Gasteiger charge is 2.26. The second-order valence-electron chi connectivity index (χ2n) is 7.49. The number of nitrogens with zero attached hydrogens (tertiary/aromatic N) is 4. The predicted octanol–water partition coefficient (Wildman–Crippen LogP) is 3.01. The van der Waals surface area contributed by atoms with Gasteiger partial charge in [-0.25, -0.2) is 0 Å². The van der Waals surface area contributed by atoms with E-state index in [-0.39, 0.29) is 0 Å². The van der Waals surface area contributed by atoms with Gasteiger partial charge in [-0.2, -0.15) is 9.97 Å². The highest BCUT2D eigenvalue weighted by atomic mass is 35.5. The van der Waals surface area contributed by atoms with E-state index >= 15 is 0 Å². The summed E-state index contributed by atoms with van der Waals surface area (Å²) >= 11 is 6.30. The Bertz CT molecular complexity index is 826. The fourth-order valence-corrected chi connectivity index (χ4v) is 3.88. The SMILES string of the molecule is C[C@H]1CCN(c2nc(N3CCOCC3)nc(NCc3ccccc3Cl)c2N)C1. The molecule has 2 aliphatic heterocycles. The molecule has 8 heteroatoms. The molecule has 0 aliphatic carbocycles. The minimum atomic E-state index is 0.555. The van der Waals surface area contributed by atoms with E-state index in [2.05, 4.69) is 22.0 Å². The van der Waals surface area contributed by atoms with Crippen LogP contribution in [0, 0.1) is 5.92 Å². The van der Waals surface area contributed by atoms with E-state index in [1.165, 1.54) is 0 Å². The van der Waals surface area contributed by atoms with Crippen molar-refractivity contribution >= 4 is 34.9 Å². The molecule has 1 atom stereocenters. The average Bonchev–Trinajstić information content (AvgIpc) is 3.15. The number of ether oxygens (including phenoxy) is 1. The quantitative estimate of drug-likeness (QED) is 0.795. The zero-order valence-electron chi connectivity index (χ0n) is 16.2. The van der Waals surface area contributed by atoms with Gasteiger partial charge in [-0.05, 0) is 24.0 Å². The maximum atomic E-state index is 6.50. The lowest BCUT2D eigenvalue weighted by molar-refractivity contribution is 0.122. The average molecular weight is 403 g/mol. The Morgan fingerprint density at radius 1 is 1.18 bits per heavy atom. The zero-order valence-corrected chi connectivity index (χ0v) is 17.0. The van der Waals surface area contributed by atoms with Crippen LogP contribution in [0.1, 0.15) is 18.9 Å². The summed E-state index contributed by atoms with van der Waals surface area (Å²) in [6.07, 6.45) is 1.15. The third-order valence-electron chi connectivity index (χ3n) is 5.34. The summed E-state index contributed by atoms with van der Waals surface area (Å²) in [5.74, 6) is 2.82. The molecule has 7 nitrogen and oxygen atoms in total. The summed E-state index contributed by atoms with van der Waals surface area (Å²) in [6.45, 7) is 7.69. The number of morpholine rings is 1. The standard InChI is InChI=1S/C20H27ClN6O/c1-14-6-7-27(13-14)19-17(22)18(23-12-15-4-2-3-5-16(15)21)24-20(25-19)26-8-10-28-11-9-26/h2-5,14H,6-13,22H2,1H3,(H,23,24,25)/t14-/m0/s1. The lowest BCUT2D eigenvalue weighted by Crippen LogP contribution is -2.38. The van der Waals surface area contributed by atoms with E-state index in [0.717, 1.165) is 49.0 Å². The monoisotopic (exact) mass is 402 g/mol. The normalized spacial score (nSPS) is 19.9. The van der Waals surface area contributed by atoms with Gasteiger partial charge in [-0.15, -0.1) is 0 Å². The number of nitrogens with one attached hydrogen (secondary N) is 1. The first-order chi connectivity index (χ1) is 13.6. The summed E-state index contributed by atoms with van der Waals surface area (Å²) < 4.78 is 5.48. The van der Waals surface area contributed by atoms with Gasteiger partial charge in [0, 0.05) is 37.7 Å². The number of hydrogen-bond donors (Lipinski definition) is 2. The highest BCUT2D eigenvalue weighted by molar-refractivity contribution is 6.31. The van der Waals surface area contributed by atoms with Crippen LogP contribution in [-0.4, -0.2) is 49.4 Å².